The number of benzene rings is 1. The van der Waals surface area contributed by atoms with Crippen LogP contribution in [0.25, 0.3) is 0 Å². The van der Waals surface area contributed by atoms with Crippen molar-refractivity contribution in [1.82, 2.24) is 15.1 Å². The van der Waals surface area contributed by atoms with Crippen LogP contribution in [-0.2, 0) is 9.59 Å². The summed E-state index contributed by atoms with van der Waals surface area (Å²) in [5.74, 6) is 0.0333. The normalized spacial score (nSPS) is 28.0. The highest BCUT2D eigenvalue weighted by molar-refractivity contribution is 5.85. The lowest BCUT2D eigenvalue weighted by Gasteiger charge is -2.40. The maximum absolute atomic E-state index is 13.0. The third-order valence-electron chi connectivity index (χ3n) is 5.64. The zero-order valence-electron chi connectivity index (χ0n) is 15.3. The van der Waals surface area contributed by atoms with Gasteiger partial charge in [-0.25, -0.2) is 0 Å². The first-order chi connectivity index (χ1) is 12.1. The minimum atomic E-state index is -0.179. The van der Waals surface area contributed by atoms with E-state index in [1.54, 1.807) is 4.90 Å². The molecule has 136 valence electrons. The summed E-state index contributed by atoms with van der Waals surface area (Å²) in [5.41, 5.74) is 1.04. The van der Waals surface area contributed by atoms with Gasteiger partial charge in [0.2, 0.25) is 11.8 Å². The summed E-state index contributed by atoms with van der Waals surface area (Å²) in [6.07, 6.45) is 3.24. The van der Waals surface area contributed by atoms with Crippen molar-refractivity contribution < 1.29 is 9.59 Å². The minimum absolute atomic E-state index is 0.0937. The van der Waals surface area contributed by atoms with E-state index in [0.717, 1.165) is 38.0 Å². The molecule has 2 aliphatic rings. The zero-order chi connectivity index (χ0) is 17.8. The molecular formula is C20H29N3O2. The predicted octanol–water partition coefficient (Wildman–Crippen LogP) is 2.20. The highest BCUT2D eigenvalue weighted by Crippen LogP contribution is 2.35. The van der Waals surface area contributed by atoms with Crippen molar-refractivity contribution in [2.45, 2.75) is 44.7 Å². The molecule has 0 bridgehead atoms. The number of amides is 2. The summed E-state index contributed by atoms with van der Waals surface area (Å²) in [6, 6.07) is 9.98. The van der Waals surface area contributed by atoms with E-state index in [0.29, 0.717) is 12.8 Å². The molecule has 3 atom stereocenters. The van der Waals surface area contributed by atoms with Gasteiger partial charge in [-0.3, -0.25) is 9.59 Å². The number of nitrogens with zero attached hydrogens (tertiary/aromatic N) is 2. The van der Waals surface area contributed by atoms with Gasteiger partial charge in [0, 0.05) is 26.1 Å². The first kappa shape index (κ1) is 17.9. The smallest absolute Gasteiger partial charge is 0.225 e. The van der Waals surface area contributed by atoms with Gasteiger partial charge in [0.05, 0.1) is 12.0 Å². The quantitative estimate of drug-likeness (QED) is 0.912. The maximum Gasteiger partial charge on any atom is 0.225 e. The molecule has 0 spiro atoms. The third kappa shape index (κ3) is 4.03. The molecule has 2 aliphatic heterocycles. The molecule has 0 aliphatic carbocycles. The molecule has 3 unspecified atom stereocenters. The molecule has 0 aromatic heterocycles. The van der Waals surface area contributed by atoms with E-state index in [-0.39, 0.29) is 29.8 Å². The number of rotatable bonds is 4. The van der Waals surface area contributed by atoms with Crippen molar-refractivity contribution in [2.75, 3.05) is 26.7 Å². The van der Waals surface area contributed by atoms with Crippen LogP contribution in [-0.4, -0.2) is 54.3 Å². The summed E-state index contributed by atoms with van der Waals surface area (Å²) in [6.45, 7) is 5.24. The van der Waals surface area contributed by atoms with Crippen molar-refractivity contribution >= 4 is 11.8 Å². The molecule has 3 rings (SSSR count). The summed E-state index contributed by atoms with van der Waals surface area (Å²) in [4.78, 5) is 29.4. The molecule has 1 N–H and O–H groups in total. The molecule has 25 heavy (non-hydrogen) atoms. The van der Waals surface area contributed by atoms with Crippen LogP contribution in [0.4, 0.5) is 0 Å². The van der Waals surface area contributed by atoms with E-state index < -0.39 is 0 Å². The van der Waals surface area contributed by atoms with Gasteiger partial charge in [-0.2, -0.15) is 0 Å². The molecule has 0 radical (unpaired) electrons. The molecule has 0 saturated carbocycles. The van der Waals surface area contributed by atoms with Gasteiger partial charge < -0.3 is 15.1 Å². The van der Waals surface area contributed by atoms with Crippen molar-refractivity contribution in [1.29, 1.82) is 0 Å². The number of piperidine rings is 2. The van der Waals surface area contributed by atoms with Gasteiger partial charge in [-0.05, 0) is 37.9 Å². The van der Waals surface area contributed by atoms with Crippen LogP contribution in [0, 0.1) is 5.92 Å². The average molecular weight is 343 g/mol. The van der Waals surface area contributed by atoms with Crippen molar-refractivity contribution in [3.8, 4) is 0 Å². The zero-order valence-corrected chi connectivity index (χ0v) is 15.3. The van der Waals surface area contributed by atoms with E-state index in [4.69, 9.17) is 0 Å². The lowest BCUT2D eigenvalue weighted by molar-refractivity contribution is -0.142. The molecule has 2 fully saturated rings. The number of carbonyl (C=O) groups excluding carboxylic acids is 2. The molecular weight excluding hydrogens is 314 g/mol. The second-order valence-corrected chi connectivity index (χ2v) is 7.25. The third-order valence-corrected chi connectivity index (χ3v) is 5.64. The fourth-order valence-electron chi connectivity index (χ4n) is 4.19. The van der Waals surface area contributed by atoms with Crippen LogP contribution >= 0.6 is 0 Å². The van der Waals surface area contributed by atoms with Crippen LogP contribution in [0.3, 0.4) is 0 Å². The Morgan fingerprint density at radius 3 is 2.72 bits per heavy atom. The Labute approximate surface area is 150 Å². The van der Waals surface area contributed by atoms with Gasteiger partial charge >= 0.3 is 0 Å². The summed E-state index contributed by atoms with van der Waals surface area (Å²) in [5, 5.41) is 3.27. The SMILES string of the molecule is CCN1CCCC(NC(=O)C2CCC(=O)N(C)C2c2ccccc2)C1. The first-order valence-electron chi connectivity index (χ1n) is 9.43. The summed E-state index contributed by atoms with van der Waals surface area (Å²) < 4.78 is 0. The fraction of sp³-hybridized carbons (Fsp3) is 0.600. The summed E-state index contributed by atoms with van der Waals surface area (Å²) >= 11 is 0. The van der Waals surface area contributed by atoms with E-state index in [1.165, 1.54) is 0 Å². The highest BCUT2D eigenvalue weighted by Gasteiger charge is 2.39. The highest BCUT2D eigenvalue weighted by atomic mass is 16.2. The number of likely N-dealkylation sites (tertiary alicyclic amines) is 2. The Balaban J connectivity index is 1.74. The molecule has 2 heterocycles. The first-order valence-corrected chi connectivity index (χ1v) is 9.43. The van der Waals surface area contributed by atoms with Crippen molar-refractivity contribution in [3.63, 3.8) is 0 Å². The monoisotopic (exact) mass is 343 g/mol. The second-order valence-electron chi connectivity index (χ2n) is 7.25. The Bertz CT molecular complexity index is 604. The second kappa shape index (κ2) is 8.00. The van der Waals surface area contributed by atoms with E-state index >= 15 is 0 Å². The van der Waals surface area contributed by atoms with Crippen LogP contribution in [0.5, 0.6) is 0 Å². The molecule has 5 heteroatoms. The van der Waals surface area contributed by atoms with Crippen molar-refractivity contribution in [2.24, 2.45) is 5.92 Å². The number of hydrogen-bond acceptors (Lipinski definition) is 3. The number of nitrogens with one attached hydrogen (secondary N) is 1. The van der Waals surface area contributed by atoms with Crippen LogP contribution < -0.4 is 5.32 Å². The minimum Gasteiger partial charge on any atom is -0.352 e. The van der Waals surface area contributed by atoms with Crippen molar-refractivity contribution in [3.05, 3.63) is 35.9 Å². The number of hydrogen-bond donors (Lipinski definition) is 1. The lowest BCUT2D eigenvalue weighted by atomic mass is 9.83. The lowest BCUT2D eigenvalue weighted by Crippen LogP contribution is -2.52. The Kier molecular flexibility index (Phi) is 5.74. The van der Waals surface area contributed by atoms with Gasteiger partial charge in [0.1, 0.15) is 0 Å². The molecule has 1 aromatic rings. The van der Waals surface area contributed by atoms with E-state index in [1.807, 2.05) is 37.4 Å². The van der Waals surface area contributed by atoms with Gasteiger partial charge in [0.15, 0.2) is 0 Å². The van der Waals surface area contributed by atoms with Crippen LogP contribution in [0.1, 0.15) is 44.2 Å². The van der Waals surface area contributed by atoms with Gasteiger partial charge in [0.25, 0.3) is 0 Å². The molecule has 5 nitrogen and oxygen atoms in total. The average Bonchev–Trinajstić information content (AvgIpc) is 2.64. The molecule has 2 amide bonds. The van der Waals surface area contributed by atoms with Gasteiger partial charge in [-0.15, -0.1) is 0 Å². The van der Waals surface area contributed by atoms with Gasteiger partial charge in [-0.1, -0.05) is 37.3 Å². The van der Waals surface area contributed by atoms with E-state index in [2.05, 4.69) is 17.1 Å². The number of likely N-dealkylation sites (N-methyl/N-ethyl adjacent to an activating group) is 1. The maximum atomic E-state index is 13.0. The predicted molar refractivity (Wildman–Crippen MR) is 98.0 cm³/mol. The molecule has 1 aromatic carbocycles. The Morgan fingerprint density at radius 2 is 2.00 bits per heavy atom. The van der Waals surface area contributed by atoms with E-state index in [9.17, 15) is 9.59 Å². The fourth-order valence-corrected chi connectivity index (χ4v) is 4.19. The standard InChI is InChI=1S/C20H29N3O2/c1-3-23-13-7-10-16(14-23)21-20(25)17-11-12-18(24)22(2)19(17)15-8-5-4-6-9-15/h4-6,8-9,16-17,19H,3,7,10-14H2,1-2H3,(H,21,25). The topological polar surface area (TPSA) is 52.7 Å². The molecule has 2 saturated heterocycles. The number of carbonyl (C=O) groups is 2. The summed E-state index contributed by atoms with van der Waals surface area (Å²) in [7, 11) is 1.82. The largest absolute Gasteiger partial charge is 0.352 e. The Hall–Kier alpha value is -1.88. The Morgan fingerprint density at radius 1 is 1.24 bits per heavy atom. The van der Waals surface area contributed by atoms with Crippen LogP contribution in [0.15, 0.2) is 30.3 Å². The van der Waals surface area contributed by atoms with Crippen LogP contribution in [0.2, 0.25) is 0 Å².